The van der Waals surface area contributed by atoms with E-state index in [4.69, 9.17) is 25.8 Å². The number of carboxylic acids is 2. The van der Waals surface area contributed by atoms with Gasteiger partial charge in [-0.3, -0.25) is 14.5 Å². The maximum Gasteiger partial charge on any atom is 0.404 e. The standard InChI is InChI=1S/C16H17N3O7S2.C9H8O4/c1-25-16(18-10(20)5-9-3-2-4-27-9)13(23)19-11(12(21)22)8(6-26-15(17)24)7-28-14(16)19;10-7-3-1-6(5-8(7)11)2-4-9(12)13/h2-4,14H,5-7H2,1H3,(H2,17,24)(H,18,20)(H,21,22);1-5,10-11H,(H,12,13)/b;4-2+/t14-,16+;/m1./s1. The summed E-state index contributed by atoms with van der Waals surface area (Å²) in [6.07, 6.45) is 1.30. The summed E-state index contributed by atoms with van der Waals surface area (Å²) in [6, 6.07) is 7.66. The van der Waals surface area contributed by atoms with Gasteiger partial charge in [-0.1, -0.05) is 12.1 Å². The number of hydrogen-bond acceptors (Lipinski definition) is 11. The molecule has 2 aromatic rings. The van der Waals surface area contributed by atoms with Crippen molar-refractivity contribution in [3.05, 3.63) is 63.5 Å². The number of thiophene rings is 1. The quantitative estimate of drug-likeness (QED) is 0.103. The predicted molar refractivity (Wildman–Crippen MR) is 146 cm³/mol. The molecule has 0 radical (unpaired) electrons. The van der Waals surface area contributed by atoms with Crippen LogP contribution in [-0.4, -0.2) is 85.7 Å². The third kappa shape index (κ3) is 7.16. The van der Waals surface area contributed by atoms with Crippen LogP contribution in [-0.2, 0) is 35.1 Å². The number of aromatic hydroxyl groups is 2. The van der Waals surface area contributed by atoms with Crippen LogP contribution in [0.25, 0.3) is 6.08 Å². The smallest absolute Gasteiger partial charge is 0.404 e. The van der Waals surface area contributed by atoms with Gasteiger partial charge in [0.2, 0.25) is 5.91 Å². The maximum atomic E-state index is 12.8. The average molecular weight is 608 g/mol. The van der Waals surface area contributed by atoms with E-state index in [9.17, 15) is 29.1 Å². The first-order chi connectivity index (χ1) is 19.4. The minimum atomic E-state index is -1.66. The average Bonchev–Trinajstić information content (AvgIpc) is 3.43. The van der Waals surface area contributed by atoms with Crippen molar-refractivity contribution in [2.24, 2.45) is 5.73 Å². The summed E-state index contributed by atoms with van der Waals surface area (Å²) in [6.45, 7) is -0.342. The first-order valence-corrected chi connectivity index (χ1v) is 13.5. The highest BCUT2D eigenvalue weighted by molar-refractivity contribution is 8.00. The van der Waals surface area contributed by atoms with Crippen molar-refractivity contribution >= 4 is 59.0 Å². The number of phenolic OH excluding ortho intramolecular Hbond substituents is 2. The van der Waals surface area contributed by atoms with Crippen molar-refractivity contribution in [1.29, 1.82) is 0 Å². The summed E-state index contributed by atoms with van der Waals surface area (Å²) in [5.74, 6) is -3.87. The molecule has 2 aliphatic heterocycles. The summed E-state index contributed by atoms with van der Waals surface area (Å²) < 4.78 is 10.0. The Kier molecular flexibility index (Phi) is 9.99. The van der Waals surface area contributed by atoms with Crippen LogP contribution in [0.15, 0.2) is 53.1 Å². The third-order valence-corrected chi connectivity index (χ3v) is 7.93. The van der Waals surface area contributed by atoms with Gasteiger partial charge in [-0.2, -0.15) is 0 Å². The molecule has 1 saturated heterocycles. The van der Waals surface area contributed by atoms with Crippen molar-refractivity contribution in [3.63, 3.8) is 0 Å². The fraction of sp³-hybridized carbons (Fsp3) is 0.240. The molecule has 1 aromatic heterocycles. The van der Waals surface area contributed by atoms with Crippen LogP contribution in [0.2, 0.25) is 0 Å². The number of nitrogens with zero attached hydrogens (tertiary/aromatic N) is 1. The Morgan fingerprint density at radius 1 is 1.20 bits per heavy atom. The summed E-state index contributed by atoms with van der Waals surface area (Å²) >= 11 is 2.60. The SMILES string of the molecule is CO[C@@]1(NC(=O)Cc2cccs2)C(=O)N2C(C(=O)O)=C(COC(N)=O)CS[C@@H]21.O=C(O)/C=C/c1ccc(O)c(O)c1. The van der Waals surface area contributed by atoms with E-state index < -0.39 is 40.9 Å². The molecule has 0 bridgehead atoms. The molecule has 7 N–H and O–H groups in total. The number of fused-ring (bicyclic) bond motifs is 1. The van der Waals surface area contributed by atoms with Gasteiger partial charge < -0.3 is 41.0 Å². The third-order valence-electron chi connectivity index (χ3n) is 5.68. The van der Waals surface area contributed by atoms with Gasteiger partial charge in [-0.05, 0) is 35.2 Å². The van der Waals surface area contributed by atoms with Crippen LogP contribution >= 0.6 is 23.1 Å². The number of aliphatic carboxylic acids is 2. The molecule has 14 nitrogen and oxygen atoms in total. The zero-order chi connectivity index (χ0) is 30.3. The van der Waals surface area contributed by atoms with E-state index in [2.05, 4.69) is 10.1 Å². The van der Waals surface area contributed by atoms with E-state index in [0.29, 0.717) is 5.56 Å². The van der Waals surface area contributed by atoms with E-state index in [-0.39, 0.29) is 41.5 Å². The highest BCUT2D eigenvalue weighted by atomic mass is 32.2. The van der Waals surface area contributed by atoms with Crippen LogP contribution in [0.4, 0.5) is 4.79 Å². The molecule has 0 spiro atoms. The van der Waals surface area contributed by atoms with E-state index in [1.807, 2.05) is 11.4 Å². The lowest BCUT2D eigenvalue weighted by molar-refractivity contribution is -0.192. The lowest BCUT2D eigenvalue weighted by Gasteiger charge is -2.55. The molecule has 0 aliphatic carbocycles. The number of thioether (sulfide) groups is 1. The number of benzene rings is 1. The topological polar surface area (TPSA) is 226 Å². The van der Waals surface area contributed by atoms with E-state index in [1.165, 1.54) is 54.5 Å². The molecular formula is C25H25N3O11S2. The Morgan fingerprint density at radius 3 is 2.49 bits per heavy atom. The van der Waals surface area contributed by atoms with Gasteiger partial charge in [-0.25, -0.2) is 14.4 Å². The van der Waals surface area contributed by atoms with Gasteiger partial charge in [0.15, 0.2) is 11.5 Å². The molecule has 3 heterocycles. The highest BCUT2D eigenvalue weighted by Crippen LogP contribution is 2.46. The molecule has 1 fully saturated rings. The Balaban J connectivity index is 0.000000298. The number of primary amides is 1. The number of methoxy groups -OCH3 is 1. The zero-order valence-corrected chi connectivity index (χ0v) is 22.9. The van der Waals surface area contributed by atoms with Crippen LogP contribution in [0, 0.1) is 0 Å². The molecule has 4 rings (SSSR count). The molecule has 1 aromatic carbocycles. The molecule has 0 unspecified atom stereocenters. The molecule has 3 amide bonds. The van der Waals surface area contributed by atoms with Gasteiger partial charge in [0, 0.05) is 29.4 Å². The number of phenols is 2. The fourth-order valence-electron chi connectivity index (χ4n) is 3.85. The molecule has 2 aliphatic rings. The second-order valence-corrected chi connectivity index (χ2v) is 10.5. The number of hydrogen-bond donors (Lipinski definition) is 6. The zero-order valence-electron chi connectivity index (χ0n) is 21.3. The van der Waals surface area contributed by atoms with E-state index in [0.717, 1.165) is 15.9 Å². The van der Waals surface area contributed by atoms with Gasteiger partial charge in [0.25, 0.3) is 11.6 Å². The largest absolute Gasteiger partial charge is 0.504 e. The first-order valence-electron chi connectivity index (χ1n) is 11.5. The number of rotatable bonds is 9. The Bertz CT molecular complexity index is 1410. The van der Waals surface area contributed by atoms with Crippen molar-refractivity contribution in [3.8, 4) is 11.5 Å². The van der Waals surface area contributed by atoms with Crippen molar-refractivity contribution in [1.82, 2.24) is 10.2 Å². The van der Waals surface area contributed by atoms with E-state index >= 15 is 0 Å². The molecule has 218 valence electrons. The Labute approximate surface area is 240 Å². The van der Waals surface area contributed by atoms with Gasteiger partial charge >= 0.3 is 18.0 Å². The maximum absolute atomic E-state index is 12.8. The number of amides is 3. The lowest BCUT2D eigenvalue weighted by Crippen LogP contribution is -2.80. The predicted octanol–water partition coefficient (Wildman–Crippen LogP) is 1.29. The number of nitrogens with two attached hydrogens (primary N) is 1. The van der Waals surface area contributed by atoms with Crippen LogP contribution in [0.3, 0.4) is 0 Å². The monoisotopic (exact) mass is 607 g/mol. The summed E-state index contributed by atoms with van der Waals surface area (Å²) in [4.78, 5) is 59.7. The molecular weight excluding hydrogens is 582 g/mol. The summed E-state index contributed by atoms with van der Waals surface area (Å²) in [5.41, 5.74) is 3.71. The van der Waals surface area contributed by atoms with Crippen molar-refractivity contribution in [2.75, 3.05) is 19.5 Å². The number of β-lactam (4-membered cyclic amide) rings is 1. The van der Waals surface area contributed by atoms with Crippen LogP contribution in [0.1, 0.15) is 10.4 Å². The Hall–Kier alpha value is -4.54. The van der Waals surface area contributed by atoms with Crippen LogP contribution in [0.5, 0.6) is 11.5 Å². The Morgan fingerprint density at radius 2 is 1.93 bits per heavy atom. The summed E-state index contributed by atoms with van der Waals surface area (Å²) in [7, 11) is 1.27. The normalized spacial score (nSPS) is 19.5. The second kappa shape index (κ2) is 13.2. The molecule has 16 heteroatoms. The molecule has 2 atom stereocenters. The lowest BCUT2D eigenvalue weighted by atomic mass is 9.98. The highest BCUT2D eigenvalue weighted by Gasteiger charge is 2.66. The van der Waals surface area contributed by atoms with Gasteiger partial charge in [0.1, 0.15) is 17.7 Å². The number of carbonyl (C=O) groups excluding carboxylic acids is 3. The number of ether oxygens (including phenoxy) is 2. The van der Waals surface area contributed by atoms with E-state index in [1.54, 1.807) is 6.07 Å². The minimum Gasteiger partial charge on any atom is -0.504 e. The molecule has 0 saturated carbocycles. The second-order valence-electron chi connectivity index (χ2n) is 8.37. The van der Waals surface area contributed by atoms with Gasteiger partial charge in [-0.15, -0.1) is 23.1 Å². The fourth-order valence-corrected chi connectivity index (χ4v) is 5.97. The van der Waals surface area contributed by atoms with Crippen molar-refractivity contribution in [2.45, 2.75) is 17.5 Å². The number of carboxylic acid groups (broad SMARTS) is 2. The number of carbonyl (C=O) groups is 5. The summed E-state index contributed by atoms with van der Waals surface area (Å²) in [5, 5.41) is 39.5. The first kappa shape index (κ1) is 31.0. The van der Waals surface area contributed by atoms with Gasteiger partial charge in [0.05, 0.1) is 6.42 Å². The van der Waals surface area contributed by atoms with Crippen LogP contribution < -0.4 is 11.1 Å². The van der Waals surface area contributed by atoms with Crippen molar-refractivity contribution < 1.29 is 53.9 Å². The molecule has 41 heavy (non-hydrogen) atoms. The minimum absolute atomic E-state index is 0.0762. The number of nitrogens with one attached hydrogen (secondary N) is 1.